The number of rotatable bonds is 1. The molecule has 2 heterocycles. The summed E-state index contributed by atoms with van der Waals surface area (Å²) in [6, 6.07) is 3.30. The van der Waals surface area contributed by atoms with Crippen LogP contribution in [0.15, 0.2) is 24.4 Å². The van der Waals surface area contributed by atoms with Crippen LogP contribution in [0.5, 0.6) is 0 Å². The Morgan fingerprint density at radius 3 is 2.64 bits per heavy atom. The van der Waals surface area contributed by atoms with Gasteiger partial charge in [-0.3, -0.25) is 4.79 Å². The number of aryl methyl sites for hydroxylation is 1. The number of hydrogen-bond acceptors (Lipinski definition) is 2. The first-order valence-corrected chi connectivity index (χ1v) is 6.53. The van der Waals surface area contributed by atoms with Crippen LogP contribution in [0.4, 0.5) is 13.2 Å². The summed E-state index contributed by atoms with van der Waals surface area (Å²) in [6.45, 7) is 0. The maximum absolute atomic E-state index is 12.9. The second-order valence-corrected chi connectivity index (χ2v) is 5.20. The SMILES string of the molecule is Cn1c2cc(C(F)(F)F)ccc2c2c(Cl)ncc(C(N)=O)c21. The predicted octanol–water partition coefficient (Wildman–Crippen LogP) is 3.50. The number of carbonyl (C=O) groups excluding carboxylic acids is 1. The summed E-state index contributed by atoms with van der Waals surface area (Å²) < 4.78 is 40.1. The molecule has 0 saturated carbocycles. The van der Waals surface area contributed by atoms with E-state index in [4.69, 9.17) is 17.3 Å². The summed E-state index contributed by atoms with van der Waals surface area (Å²) in [5.41, 5.74) is 5.28. The molecule has 3 aromatic rings. The van der Waals surface area contributed by atoms with Crippen LogP contribution in [-0.2, 0) is 13.2 Å². The number of carbonyl (C=O) groups is 1. The van der Waals surface area contributed by atoms with Crippen molar-refractivity contribution in [3.05, 3.63) is 40.7 Å². The molecule has 1 amide bonds. The summed E-state index contributed by atoms with van der Waals surface area (Å²) >= 11 is 6.06. The lowest BCUT2D eigenvalue weighted by molar-refractivity contribution is -0.137. The van der Waals surface area contributed by atoms with Crippen molar-refractivity contribution in [2.24, 2.45) is 12.8 Å². The molecule has 0 aliphatic heterocycles. The van der Waals surface area contributed by atoms with Crippen LogP contribution in [0.25, 0.3) is 21.8 Å². The number of nitrogens with zero attached hydrogens (tertiary/aromatic N) is 2. The number of amides is 1. The van der Waals surface area contributed by atoms with Crippen molar-refractivity contribution < 1.29 is 18.0 Å². The highest BCUT2D eigenvalue weighted by molar-refractivity contribution is 6.37. The lowest BCUT2D eigenvalue weighted by Crippen LogP contribution is -2.13. The number of fused-ring (bicyclic) bond motifs is 3. The van der Waals surface area contributed by atoms with E-state index in [0.717, 1.165) is 12.1 Å². The van der Waals surface area contributed by atoms with E-state index < -0.39 is 17.6 Å². The third-order valence-electron chi connectivity index (χ3n) is 3.56. The molecule has 114 valence electrons. The molecular formula is C14H9ClF3N3O. The molecule has 1 aromatic carbocycles. The molecule has 0 bridgehead atoms. The Hall–Kier alpha value is -2.28. The van der Waals surface area contributed by atoms with E-state index in [-0.39, 0.29) is 10.7 Å². The Kier molecular flexibility index (Phi) is 3.07. The number of pyridine rings is 1. The molecule has 0 atom stereocenters. The number of nitrogens with two attached hydrogens (primary N) is 1. The number of halogens is 4. The topological polar surface area (TPSA) is 60.9 Å². The maximum atomic E-state index is 12.9. The zero-order valence-corrected chi connectivity index (χ0v) is 12.0. The van der Waals surface area contributed by atoms with Crippen LogP contribution >= 0.6 is 11.6 Å². The minimum Gasteiger partial charge on any atom is -0.365 e. The molecule has 3 rings (SSSR count). The Bertz CT molecular complexity index is 931. The first-order valence-electron chi connectivity index (χ1n) is 6.15. The van der Waals surface area contributed by atoms with Gasteiger partial charge in [-0.05, 0) is 12.1 Å². The molecule has 0 aliphatic rings. The van der Waals surface area contributed by atoms with E-state index in [2.05, 4.69) is 4.98 Å². The van der Waals surface area contributed by atoms with Crippen LogP contribution in [-0.4, -0.2) is 15.5 Å². The van der Waals surface area contributed by atoms with Gasteiger partial charge in [-0.15, -0.1) is 0 Å². The first kappa shape index (κ1) is 14.6. The monoisotopic (exact) mass is 327 g/mol. The van der Waals surface area contributed by atoms with Crippen molar-refractivity contribution in [1.82, 2.24) is 9.55 Å². The summed E-state index contributed by atoms with van der Waals surface area (Å²) in [7, 11) is 1.55. The molecule has 0 fully saturated rings. The van der Waals surface area contributed by atoms with Crippen LogP contribution < -0.4 is 5.73 Å². The zero-order valence-electron chi connectivity index (χ0n) is 11.2. The van der Waals surface area contributed by atoms with Crippen molar-refractivity contribution in [1.29, 1.82) is 0 Å². The smallest absolute Gasteiger partial charge is 0.365 e. The van der Waals surface area contributed by atoms with E-state index in [1.54, 1.807) is 7.05 Å². The summed E-state index contributed by atoms with van der Waals surface area (Å²) in [6.07, 6.45) is -3.24. The zero-order chi connectivity index (χ0) is 16.2. The van der Waals surface area contributed by atoms with Crippen molar-refractivity contribution in [2.45, 2.75) is 6.18 Å². The van der Waals surface area contributed by atoms with Crippen molar-refractivity contribution in [3.8, 4) is 0 Å². The van der Waals surface area contributed by atoms with Gasteiger partial charge >= 0.3 is 6.18 Å². The molecule has 0 saturated heterocycles. The Morgan fingerprint density at radius 2 is 2.05 bits per heavy atom. The second kappa shape index (κ2) is 4.61. The van der Waals surface area contributed by atoms with Crippen LogP contribution in [0.1, 0.15) is 15.9 Å². The molecule has 0 unspecified atom stereocenters. The van der Waals surface area contributed by atoms with E-state index in [9.17, 15) is 18.0 Å². The minimum absolute atomic E-state index is 0.102. The lowest BCUT2D eigenvalue weighted by Gasteiger charge is -2.07. The summed E-state index contributed by atoms with van der Waals surface area (Å²) in [5, 5.41) is 0.987. The van der Waals surface area contributed by atoms with Crippen LogP contribution in [0.3, 0.4) is 0 Å². The Balaban J connectivity index is 2.51. The fourth-order valence-corrected chi connectivity index (χ4v) is 2.80. The molecule has 0 radical (unpaired) electrons. The van der Waals surface area contributed by atoms with Gasteiger partial charge in [0.2, 0.25) is 0 Å². The number of hydrogen-bond donors (Lipinski definition) is 1. The van der Waals surface area contributed by atoms with Gasteiger partial charge in [0.25, 0.3) is 5.91 Å². The normalized spacial score (nSPS) is 12.2. The quantitative estimate of drug-likeness (QED) is 0.695. The summed E-state index contributed by atoms with van der Waals surface area (Å²) in [4.78, 5) is 15.4. The maximum Gasteiger partial charge on any atom is 0.416 e. The third kappa shape index (κ3) is 2.00. The largest absolute Gasteiger partial charge is 0.416 e. The lowest BCUT2D eigenvalue weighted by atomic mass is 10.1. The number of primary amides is 1. The van der Waals surface area contributed by atoms with E-state index in [1.165, 1.54) is 16.8 Å². The van der Waals surface area contributed by atoms with E-state index >= 15 is 0 Å². The first-order chi connectivity index (χ1) is 10.2. The van der Waals surface area contributed by atoms with Crippen molar-refractivity contribution in [2.75, 3.05) is 0 Å². The minimum atomic E-state index is -4.46. The fraction of sp³-hybridized carbons (Fsp3) is 0.143. The van der Waals surface area contributed by atoms with Gasteiger partial charge < -0.3 is 10.3 Å². The molecular weight excluding hydrogens is 319 g/mol. The van der Waals surface area contributed by atoms with Crippen molar-refractivity contribution >= 4 is 39.3 Å². The van der Waals surface area contributed by atoms with Crippen molar-refractivity contribution in [3.63, 3.8) is 0 Å². The molecule has 0 aliphatic carbocycles. The average Bonchev–Trinajstić information content (AvgIpc) is 2.72. The van der Waals surface area contributed by atoms with Gasteiger partial charge in [0.1, 0.15) is 5.15 Å². The molecule has 22 heavy (non-hydrogen) atoms. The molecule has 2 aromatic heterocycles. The van der Waals surface area contributed by atoms with Gasteiger partial charge in [-0.2, -0.15) is 13.2 Å². The standard InChI is InChI=1S/C14H9ClF3N3O/c1-21-9-4-6(14(16,17)18)2-3-7(9)10-11(21)8(13(19)22)5-20-12(10)15/h2-5H,1H3,(H2,19,22). The van der Waals surface area contributed by atoms with Gasteiger partial charge in [-0.25, -0.2) is 4.98 Å². The average molecular weight is 328 g/mol. The number of benzene rings is 1. The molecule has 4 nitrogen and oxygen atoms in total. The van der Waals surface area contributed by atoms with Crippen LogP contribution in [0, 0.1) is 0 Å². The Labute approximate surface area is 127 Å². The highest BCUT2D eigenvalue weighted by Crippen LogP contribution is 2.37. The number of alkyl halides is 3. The highest BCUT2D eigenvalue weighted by atomic mass is 35.5. The second-order valence-electron chi connectivity index (χ2n) is 4.84. The summed E-state index contributed by atoms with van der Waals surface area (Å²) in [5.74, 6) is -0.726. The number of aromatic nitrogens is 2. The van der Waals surface area contributed by atoms with Gasteiger partial charge in [0.05, 0.1) is 16.6 Å². The molecule has 8 heteroatoms. The van der Waals surface area contributed by atoms with E-state index in [1.807, 2.05) is 0 Å². The van der Waals surface area contributed by atoms with Gasteiger partial charge in [0.15, 0.2) is 0 Å². The Morgan fingerprint density at radius 1 is 1.36 bits per heavy atom. The predicted molar refractivity (Wildman–Crippen MR) is 76.7 cm³/mol. The van der Waals surface area contributed by atoms with Gasteiger partial charge in [-0.1, -0.05) is 17.7 Å². The highest BCUT2D eigenvalue weighted by Gasteiger charge is 2.31. The fourth-order valence-electron chi connectivity index (χ4n) is 2.56. The van der Waals surface area contributed by atoms with Gasteiger partial charge in [0, 0.05) is 29.5 Å². The molecule has 2 N–H and O–H groups in total. The van der Waals surface area contributed by atoms with Crippen LogP contribution in [0.2, 0.25) is 5.15 Å². The molecule has 0 spiro atoms. The van der Waals surface area contributed by atoms with E-state index in [0.29, 0.717) is 21.8 Å². The third-order valence-corrected chi connectivity index (χ3v) is 3.85.